The lowest BCUT2D eigenvalue weighted by Crippen LogP contribution is -2.47. The molecule has 1 aliphatic heterocycles. The van der Waals surface area contributed by atoms with Crippen molar-refractivity contribution < 1.29 is 6.22 Å². The molecule has 2 N–H and O–H groups in total. The van der Waals surface area contributed by atoms with Gasteiger partial charge in [0.25, 0.3) is 0 Å². The van der Waals surface area contributed by atoms with Crippen molar-refractivity contribution in [3.8, 4) is 11.1 Å². The van der Waals surface area contributed by atoms with Crippen LogP contribution in [0.3, 0.4) is 0 Å². The van der Waals surface area contributed by atoms with Crippen molar-refractivity contribution in [1.29, 1.82) is 0 Å². The maximum Gasteiger partial charge on any atom is 0.323 e. The average Bonchev–Trinajstić information content (AvgIpc) is 3.03. The number of imidazole rings is 1. The fourth-order valence-electron chi connectivity index (χ4n) is 3.83. The second-order valence-electron chi connectivity index (χ2n) is 7.21. The van der Waals surface area contributed by atoms with Crippen molar-refractivity contribution >= 4 is 16.9 Å². The number of benzene rings is 2. The van der Waals surface area contributed by atoms with Crippen molar-refractivity contribution in [3.63, 3.8) is 0 Å². The van der Waals surface area contributed by atoms with Crippen LogP contribution in [0.25, 0.3) is 22.2 Å². The predicted octanol–water partition coefficient (Wildman–Crippen LogP) is 2.74. The first-order valence-electron chi connectivity index (χ1n) is 9.30. The van der Waals surface area contributed by atoms with Crippen LogP contribution in [0.1, 0.15) is 19.5 Å². The van der Waals surface area contributed by atoms with Gasteiger partial charge in [-0.2, -0.15) is 0 Å². The van der Waals surface area contributed by atoms with E-state index in [2.05, 4.69) is 40.0 Å². The van der Waals surface area contributed by atoms with Gasteiger partial charge >= 0.3 is 5.69 Å². The Kier molecular flexibility index (Phi) is 4.58. The maximum absolute atomic E-state index is 11.5. The van der Waals surface area contributed by atoms with Crippen LogP contribution >= 0.6 is 0 Å². The Labute approximate surface area is 159 Å². The Balaban J connectivity index is 0.00000225. The molecule has 4 rings (SSSR count). The van der Waals surface area contributed by atoms with Crippen LogP contribution in [0.2, 0.25) is 0 Å². The number of amides is 1. The molecular weight excluding hydrogens is 340 g/mol. The molecule has 2 aromatic carbocycles. The van der Waals surface area contributed by atoms with E-state index in [0.717, 1.165) is 49.3 Å². The minimum atomic E-state index is -0.183. The first-order chi connectivity index (χ1) is 13.0. The first kappa shape index (κ1) is 17.5. The summed E-state index contributed by atoms with van der Waals surface area (Å²) in [4.78, 5) is 32.9. The SMILES string of the molecule is CC(=O)N1CCN(Cc2cccc(-c3ccc4[nH]c(=O)[nH]c4c3)c2C)CC1.[HH]. The number of aromatic nitrogens is 2. The zero-order valence-electron chi connectivity index (χ0n) is 15.7. The van der Waals surface area contributed by atoms with E-state index >= 15 is 0 Å². The molecule has 6 heteroatoms. The second kappa shape index (κ2) is 7.04. The predicted molar refractivity (Wildman–Crippen MR) is 109 cm³/mol. The average molecular weight is 366 g/mol. The number of nitrogens with one attached hydrogen (secondary N) is 2. The van der Waals surface area contributed by atoms with Gasteiger partial charge in [0, 0.05) is 41.1 Å². The molecule has 1 aliphatic rings. The van der Waals surface area contributed by atoms with E-state index in [9.17, 15) is 9.59 Å². The van der Waals surface area contributed by atoms with Crippen molar-refractivity contribution in [2.24, 2.45) is 0 Å². The molecule has 0 aliphatic carbocycles. The molecule has 0 bridgehead atoms. The molecule has 0 atom stereocenters. The highest BCUT2D eigenvalue weighted by Gasteiger charge is 2.19. The molecule has 0 saturated carbocycles. The van der Waals surface area contributed by atoms with Crippen LogP contribution in [0.4, 0.5) is 0 Å². The van der Waals surface area contributed by atoms with Crippen LogP contribution in [-0.2, 0) is 11.3 Å². The third-order valence-corrected chi connectivity index (χ3v) is 5.48. The van der Waals surface area contributed by atoms with Crippen molar-refractivity contribution in [2.45, 2.75) is 20.4 Å². The van der Waals surface area contributed by atoms with Gasteiger partial charge in [-0.05, 0) is 41.3 Å². The van der Waals surface area contributed by atoms with E-state index in [1.165, 1.54) is 16.7 Å². The molecular formula is C21H26N4O2. The van der Waals surface area contributed by atoms with Crippen molar-refractivity contribution in [3.05, 3.63) is 58.0 Å². The van der Waals surface area contributed by atoms with Crippen LogP contribution in [0, 0.1) is 6.92 Å². The minimum absolute atomic E-state index is 0. The van der Waals surface area contributed by atoms with Gasteiger partial charge in [-0.25, -0.2) is 4.79 Å². The highest BCUT2D eigenvalue weighted by molar-refractivity contribution is 5.82. The number of carbonyl (C=O) groups is 1. The number of rotatable bonds is 3. The Bertz CT molecular complexity index is 1050. The van der Waals surface area contributed by atoms with E-state index in [4.69, 9.17) is 0 Å². The van der Waals surface area contributed by atoms with Gasteiger partial charge in [0.2, 0.25) is 5.91 Å². The summed E-state index contributed by atoms with van der Waals surface area (Å²) in [5.74, 6) is 0.158. The first-order valence-corrected chi connectivity index (χ1v) is 9.30. The number of aromatic amines is 2. The topological polar surface area (TPSA) is 72.2 Å². The highest BCUT2D eigenvalue weighted by atomic mass is 16.2. The van der Waals surface area contributed by atoms with E-state index in [1.54, 1.807) is 6.92 Å². The summed E-state index contributed by atoms with van der Waals surface area (Å²) in [6.45, 7) is 8.07. The van der Waals surface area contributed by atoms with Crippen LogP contribution in [0.5, 0.6) is 0 Å². The Hall–Kier alpha value is -2.86. The monoisotopic (exact) mass is 366 g/mol. The van der Waals surface area contributed by atoms with Gasteiger partial charge in [-0.3, -0.25) is 9.69 Å². The lowest BCUT2D eigenvalue weighted by atomic mass is 9.96. The number of carbonyl (C=O) groups excluding carboxylic acids is 1. The zero-order chi connectivity index (χ0) is 19.0. The highest BCUT2D eigenvalue weighted by Crippen LogP contribution is 2.28. The van der Waals surface area contributed by atoms with E-state index in [1.807, 2.05) is 23.1 Å². The van der Waals surface area contributed by atoms with E-state index in [-0.39, 0.29) is 13.0 Å². The summed E-state index contributed by atoms with van der Waals surface area (Å²) in [6.07, 6.45) is 0. The zero-order valence-corrected chi connectivity index (χ0v) is 15.7. The largest absolute Gasteiger partial charge is 0.340 e. The molecule has 1 amide bonds. The number of piperazine rings is 1. The minimum Gasteiger partial charge on any atom is -0.340 e. The summed E-state index contributed by atoms with van der Waals surface area (Å²) in [7, 11) is 0. The van der Waals surface area contributed by atoms with E-state index < -0.39 is 0 Å². The van der Waals surface area contributed by atoms with Crippen molar-refractivity contribution in [1.82, 2.24) is 19.8 Å². The summed E-state index contributed by atoms with van der Waals surface area (Å²) < 4.78 is 0. The molecule has 2 heterocycles. The normalized spacial score (nSPS) is 15.4. The summed E-state index contributed by atoms with van der Waals surface area (Å²) >= 11 is 0. The van der Waals surface area contributed by atoms with Gasteiger partial charge in [-0.1, -0.05) is 24.3 Å². The molecule has 27 heavy (non-hydrogen) atoms. The maximum atomic E-state index is 11.5. The van der Waals surface area contributed by atoms with Gasteiger partial charge in [0.05, 0.1) is 11.0 Å². The quantitative estimate of drug-likeness (QED) is 0.749. The molecule has 0 radical (unpaired) electrons. The number of hydrogen-bond donors (Lipinski definition) is 2. The van der Waals surface area contributed by atoms with Crippen LogP contribution < -0.4 is 5.69 Å². The summed E-state index contributed by atoms with van der Waals surface area (Å²) in [5, 5.41) is 0. The molecule has 1 saturated heterocycles. The van der Waals surface area contributed by atoms with Gasteiger partial charge < -0.3 is 14.9 Å². The van der Waals surface area contributed by atoms with Gasteiger partial charge in [-0.15, -0.1) is 0 Å². The molecule has 1 aromatic heterocycles. The lowest BCUT2D eigenvalue weighted by molar-refractivity contribution is -0.130. The van der Waals surface area contributed by atoms with E-state index in [0.29, 0.717) is 0 Å². The summed E-state index contributed by atoms with van der Waals surface area (Å²) in [6, 6.07) is 12.4. The number of nitrogens with zero attached hydrogens (tertiary/aromatic N) is 2. The molecule has 1 fully saturated rings. The fourth-order valence-corrected chi connectivity index (χ4v) is 3.83. The van der Waals surface area contributed by atoms with Crippen molar-refractivity contribution in [2.75, 3.05) is 26.2 Å². The Morgan fingerprint density at radius 2 is 1.81 bits per heavy atom. The molecule has 6 nitrogen and oxygen atoms in total. The van der Waals surface area contributed by atoms with Gasteiger partial charge in [0.15, 0.2) is 0 Å². The number of hydrogen-bond acceptors (Lipinski definition) is 3. The summed E-state index contributed by atoms with van der Waals surface area (Å²) in [5.41, 5.74) is 6.29. The van der Waals surface area contributed by atoms with Gasteiger partial charge in [0.1, 0.15) is 0 Å². The lowest BCUT2D eigenvalue weighted by Gasteiger charge is -2.34. The second-order valence-corrected chi connectivity index (χ2v) is 7.21. The van der Waals surface area contributed by atoms with Crippen LogP contribution in [0.15, 0.2) is 41.2 Å². The number of H-pyrrole nitrogens is 2. The Morgan fingerprint density at radius 1 is 1.07 bits per heavy atom. The third kappa shape index (κ3) is 3.53. The molecule has 142 valence electrons. The third-order valence-electron chi connectivity index (χ3n) is 5.48. The Morgan fingerprint density at radius 3 is 2.56 bits per heavy atom. The fraction of sp³-hybridized carbons (Fsp3) is 0.333. The molecule has 0 spiro atoms. The molecule has 0 unspecified atom stereocenters. The molecule has 3 aromatic rings. The smallest absolute Gasteiger partial charge is 0.323 e. The standard InChI is InChI=1S/C21H24N4O2.H2/c1-14-17(13-24-8-10-25(11-9-24)15(2)26)4-3-5-18(14)16-6-7-19-20(12-16)23-21(27)22-19;/h3-7,12H,8-11,13H2,1-2H3,(H2,22,23,27);1H. The number of fused-ring (bicyclic) bond motifs is 1. The van der Waals surface area contributed by atoms with Crippen LogP contribution in [-0.4, -0.2) is 51.9 Å².